The Morgan fingerprint density at radius 1 is 1.50 bits per heavy atom. The van der Waals surface area contributed by atoms with Crippen molar-refractivity contribution in [1.82, 2.24) is 9.97 Å². The fourth-order valence-electron chi connectivity index (χ4n) is 1.34. The highest BCUT2D eigenvalue weighted by Gasteiger charge is 2.10. The van der Waals surface area contributed by atoms with E-state index in [1.54, 1.807) is 0 Å². The van der Waals surface area contributed by atoms with Crippen molar-refractivity contribution < 1.29 is 0 Å². The summed E-state index contributed by atoms with van der Waals surface area (Å²) < 4.78 is 0. The van der Waals surface area contributed by atoms with Gasteiger partial charge in [0, 0.05) is 25.0 Å². The van der Waals surface area contributed by atoms with Gasteiger partial charge in [0.05, 0.1) is 0 Å². The molecule has 3 heteroatoms. The topological polar surface area (TPSA) is 29.0 Å². The van der Waals surface area contributed by atoms with Gasteiger partial charge in [-0.05, 0) is 13.3 Å². The van der Waals surface area contributed by atoms with Crippen LogP contribution in [0.4, 0.5) is 5.82 Å². The Morgan fingerprint density at radius 2 is 2.33 bits per heavy atom. The first-order valence-electron chi connectivity index (χ1n) is 3.99. The van der Waals surface area contributed by atoms with Crippen LogP contribution in [0.1, 0.15) is 11.4 Å². The zero-order chi connectivity index (χ0) is 8.55. The minimum Gasteiger partial charge on any atom is -0.336 e. The number of hydrogen-bond acceptors (Lipinski definition) is 3. The molecule has 2 heterocycles. The van der Waals surface area contributed by atoms with E-state index in [2.05, 4.69) is 16.0 Å². The van der Waals surface area contributed by atoms with Crippen molar-refractivity contribution in [1.29, 1.82) is 0 Å². The molecule has 12 heavy (non-hydrogen) atoms. The fraction of sp³-hybridized carbons (Fsp3) is 0.333. The number of hydrogen-bond donors (Lipinski definition) is 0. The van der Waals surface area contributed by atoms with Gasteiger partial charge < -0.3 is 4.90 Å². The number of fused-ring (bicyclic) bond motifs is 1. The maximum atomic E-state index is 4.36. The van der Waals surface area contributed by atoms with E-state index in [4.69, 9.17) is 0 Å². The van der Waals surface area contributed by atoms with E-state index >= 15 is 0 Å². The average molecular weight is 161 g/mol. The summed E-state index contributed by atoms with van der Waals surface area (Å²) >= 11 is 0. The third kappa shape index (κ3) is 1.07. The Labute approximate surface area is 71.8 Å². The molecule has 1 aliphatic heterocycles. The highest BCUT2D eigenvalue weighted by molar-refractivity contribution is 5.51. The standard InChI is InChI=1S/C9H11N3/c1-7-10-6-8-4-3-5-12(2)9(8)11-7/h3,5-6H,4H2,1-2H3. The van der Waals surface area contributed by atoms with E-state index < -0.39 is 0 Å². The van der Waals surface area contributed by atoms with Crippen molar-refractivity contribution in [2.45, 2.75) is 13.3 Å². The van der Waals surface area contributed by atoms with Gasteiger partial charge in [-0.2, -0.15) is 0 Å². The second-order valence-electron chi connectivity index (χ2n) is 2.97. The minimum atomic E-state index is 0.830. The molecule has 1 aromatic heterocycles. The maximum Gasteiger partial charge on any atom is 0.139 e. The Morgan fingerprint density at radius 3 is 3.17 bits per heavy atom. The molecule has 0 saturated heterocycles. The monoisotopic (exact) mass is 161 g/mol. The maximum absolute atomic E-state index is 4.36. The van der Waals surface area contributed by atoms with Gasteiger partial charge in [-0.25, -0.2) is 9.97 Å². The van der Waals surface area contributed by atoms with Crippen molar-refractivity contribution in [3.8, 4) is 0 Å². The summed E-state index contributed by atoms with van der Waals surface area (Å²) in [5, 5.41) is 0. The zero-order valence-corrected chi connectivity index (χ0v) is 7.28. The SMILES string of the molecule is Cc1ncc2c(n1)N(C)C=CC2. The first-order valence-corrected chi connectivity index (χ1v) is 3.99. The third-order valence-corrected chi connectivity index (χ3v) is 1.96. The Kier molecular flexibility index (Phi) is 1.57. The molecule has 1 aliphatic rings. The van der Waals surface area contributed by atoms with Crippen molar-refractivity contribution >= 4 is 5.82 Å². The van der Waals surface area contributed by atoms with E-state index in [1.165, 1.54) is 5.56 Å². The molecule has 0 amide bonds. The number of rotatable bonds is 0. The molecule has 0 bridgehead atoms. The molecule has 2 rings (SSSR count). The molecule has 0 N–H and O–H groups in total. The highest BCUT2D eigenvalue weighted by atomic mass is 15.2. The number of aryl methyl sites for hydroxylation is 1. The van der Waals surface area contributed by atoms with Gasteiger partial charge in [0.25, 0.3) is 0 Å². The van der Waals surface area contributed by atoms with Crippen LogP contribution in [0.15, 0.2) is 18.5 Å². The van der Waals surface area contributed by atoms with Crippen molar-refractivity contribution in [3.05, 3.63) is 29.9 Å². The average Bonchev–Trinajstić information content (AvgIpc) is 2.07. The fourth-order valence-corrected chi connectivity index (χ4v) is 1.34. The van der Waals surface area contributed by atoms with E-state index in [-0.39, 0.29) is 0 Å². The molecule has 0 spiro atoms. The normalized spacial score (nSPS) is 14.7. The van der Waals surface area contributed by atoms with E-state index in [0.717, 1.165) is 18.1 Å². The van der Waals surface area contributed by atoms with Crippen LogP contribution < -0.4 is 4.90 Å². The lowest BCUT2D eigenvalue weighted by molar-refractivity contribution is 0.952. The van der Waals surface area contributed by atoms with Crippen molar-refractivity contribution in [3.63, 3.8) is 0 Å². The Bertz CT molecular complexity index is 331. The molecule has 62 valence electrons. The minimum absolute atomic E-state index is 0.830. The first kappa shape index (κ1) is 7.28. The number of anilines is 1. The van der Waals surface area contributed by atoms with Crippen LogP contribution in [0.2, 0.25) is 0 Å². The van der Waals surface area contributed by atoms with Crippen LogP contribution in [0.5, 0.6) is 0 Å². The number of allylic oxidation sites excluding steroid dienone is 1. The molecule has 0 atom stereocenters. The zero-order valence-electron chi connectivity index (χ0n) is 7.28. The highest BCUT2D eigenvalue weighted by Crippen LogP contribution is 2.20. The first-order chi connectivity index (χ1) is 5.77. The van der Waals surface area contributed by atoms with Crippen molar-refractivity contribution in [2.24, 2.45) is 0 Å². The molecule has 0 aliphatic carbocycles. The van der Waals surface area contributed by atoms with E-state index in [1.807, 2.05) is 31.3 Å². The van der Waals surface area contributed by atoms with Gasteiger partial charge in [-0.1, -0.05) is 6.08 Å². The lowest BCUT2D eigenvalue weighted by atomic mass is 10.1. The second-order valence-corrected chi connectivity index (χ2v) is 2.97. The summed E-state index contributed by atoms with van der Waals surface area (Å²) in [6, 6.07) is 0. The third-order valence-electron chi connectivity index (χ3n) is 1.96. The predicted octanol–water partition coefficient (Wildman–Crippen LogP) is 1.29. The van der Waals surface area contributed by atoms with Crippen LogP contribution in [0.25, 0.3) is 0 Å². The predicted molar refractivity (Wildman–Crippen MR) is 48.0 cm³/mol. The quantitative estimate of drug-likeness (QED) is 0.574. The molecule has 0 aromatic carbocycles. The smallest absolute Gasteiger partial charge is 0.139 e. The summed E-state index contributed by atoms with van der Waals surface area (Å²) in [5.41, 5.74) is 1.20. The largest absolute Gasteiger partial charge is 0.336 e. The molecular formula is C9H11N3. The summed E-state index contributed by atoms with van der Waals surface area (Å²) in [6.45, 7) is 1.91. The van der Waals surface area contributed by atoms with Crippen LogP contribution in [-0.4, -0.2) is 17.0 Å². The molecule has 0 unspecified atom stereocenters. The Balaban J connectivity index is 2.52. The van der Waals surface area contributed by atoms with Crippen molar-refractivity contribution in [2.75, 3.05) is 11.9 Å². The van der Waals surface area contributed by atoms with Crippen LogP contribution >= 0.6 is 0 Å². The van der Waals surface area contributed by atoms with Crippen LogP contribution in [0.3, 0.4) is 0 Å². The van der Waals surface area contributed by atoms with Gasteiger partial charge in [-0.3, -0.25) is 0 Å². The summed E-state index contributed by atoms with van der Waals surface area (Å²) in [4.78, 5) is 10.5. The summed E-state index contributed by atoms with van der Waals surface area (Å²) in [7, 11) is 2.00. The lowest BCUT2D eigenvalue weighted by Gasteiger charge is -2.20. The van der Waals surface area contributed by atoms with Crippen LogP contribution in [0, 0.1) is 6.92 Å². The molecule has 0 fully saturated rings. The Hall–Kier alpha value is -1.38. The summed E-state index contributed by atoms with van der Waals surface area (Å²) in [5.74, 6) is 1.86. The van der Waals surface area contributed by atoms with Crippen LogP contribution in [-0.2, 0) is 6.42 Å². The van der Waals surface area contributed by atoms with Gasteiger partial charge >= 0.3 is 0 Å². The van der Waals surface area contributed by atoms with E-state index in [0.29, 0.717) is 0 Å². The molecular weight excluding hydrogens is 150 g/mol. The lowest BCUT2D eigenvalue weighted by Crippen LogP contribution is -2.16. The molecule has 0 saturated carbocycles. The van der Waals surface area contributed by atoms with Gasteiger partial charge in [0.15, 0.2) is 0 Å². The van der Waals surface area contributed by atoms with Gasteiger partial charge in [0.1, 0.15) is 11.6 Å². The summed E-state index contributed by atoms with van der Waals surface area (Å²) in [6.07, 6.45) is 6.99. The number of aromatic nitrogens is 2. The molecule has 0 radical (unpaired) electrons. The molecule has 1 aromatic rings. The number of nitrogens with zero attached hydrogens (tertiary/aromatic N) is 3. The second kappa shape index (κ2) is 2.59. The molecule has 3 nitrogen and oxygen atoms in total. The van der Waals surface area contributed by atoms with Gasteiger partial charge in [0.2, 0.25) is 0 Å². The van der Waals surface area contributed by atoms with E-state index in [9.17, 15) is 0 Å². The van der Waals surface area contributed by atoms with Gasteiger partial charge in [-0.15, -0.1) is 0 Å².